The van der Waals surface area contributed by atoms with E-state index in [4.69, 9.17) is 23.2 Å². The van der Waals surface area contributed by atoms with Gasteiger partial charge in [0.2, 0.25) is 0 Å². The molecule has 2 aromatic carbocycles. The number of para-hydroxylation sites is 1. The molecule has 0 spiro atoms. The number of nitrogens with one attached hydrogen (secondary N) is 1. The second kappa shape index (κ2) is 10.7. The van der Waals surface area contributed by atoms with Crippen molar-refractivity contribution in [2.24, 2.45) is 11.8 Å². The maximum absolute atomic E-state index is 13.4. The molecule has 2 saturated carbocycles. The van der Waals surface area contributed by atoms with E-state index in [1.807, 2.05) is 23.1 Å². The Hall–Kier alpha value is -1.71. The quantitative estimate of drug-likeness (QED) is 0.481. The molecule has 0 heterocycles. The second-order valence-corrected chi connectivity index (χ2v) is 9.92. The van der Waals surface area contributed by atoms with Gasteiger partial charge in [0.15, 0.2) is 0 Å². The number of carbonyl (C=O) groups excluding carboxylic acids is 1. The lowest BCUT2D eigenvalue weighted by atomic mass is 9.72. The van der Waals surface area contributed by atoms with Crippen molar-refractivity contribution in [3.8, 4) is 0 Å². The Balaban J connectivity index is 1.47. The van der Waals surface area contributed by atoms with Crippen LogP contribution in [0.2, 0.25) is 10.0 Å². The van der Waals surface area contributed by atoms with Gasteiger partial charge in [0.05, 0.1) is 15.7 Å². The lowest BCUT2D eigenvalue weighted by Crippen LogP contribution is -2.44. The average Bonchev–Trinajstić information content (AvgIpc) is 2.81. The summed E-state index contributed by atoms with van der Waals surface area (Å²) in [6, 6.07) is 15.6. The molecule has 3 nitrogen and oxygen atoms in total. The van der Waals surface area contributed by atoms with Gasteiger partial charge in [-0.2, -0.15) is 0 Å². The van der Waals surface area contributed by atoms with Crippen molar-refractivity contribution in [1.82, 2.24) is 4.90 Å². The van der Waals surface area contributed by atoms with Crippen molar-refractivity contribution in [2.75, 3.05) is 5.32 Å². The van der Waals surface area contributed by atoms with Crippen molar-refractivity contribution < 1.29 is 4.79 Å². The first kappa shape index (κ1) is 22.5. The van der Waals surface area contributed by atoms with Crippen molar-refractivity contribution >= 4 is 34.9 Å². The van der Waals surface area contributed by atoms with Crippen LogP contribution in [-0.2, 0) is 6.54 Å². The molecule has 166 valence electrons. The molecule has 2 aliphatic rings. The molecular formula is C26H32Cl2N2O. The van der Waals surface area contributed by atoms with Crippen LogP contribution in [0.3, 0.4) is 0 Å². The van der Waals surface area contributed by atoms with Gasteiger partial charge in [0.1, 0.15) is 0 Å². The Morgan fingerprint density at radius 1 is 0.806 bits per heavy atom. The van der Waals surface area contributed by atoms with Gasteiger partial charge in [-0.3, -0.25) is 0 Å². The Morgan fingerprint density at radius 2 is 1.42 bits per heavy atom. The van der Waals surface area contributed by atoms with E-state index in [1.165, 1.54) is 44.9 Å². The minimum atomic E-state index is -0.125. The highest BCUT2D eigenvalue weighted by Crippen LogP contribution is 2.40. The summed E-state index contributed by atoms with van der Waals surface area (Å²) in [6.07, 6.45) is 11.6. The molecule has 0 aliphatic heterocycles. The molecule has 2 fully saturated rings. The normalized spacial score (nSPS) is 22.1. The maximum Gasteiger partial charge on any atom is 0.322 e. The third-order valence-corrected chi connectivity index (χ3v) is 7.78. The first-order valence-corrected chi connectivity index (χ1v) is 12.4. The zero-order chi connectivity index (χ0) is 21.6. The molecule has 0 radical (unpaired) electrons. The highest BCUT2D eigenvalue weighted by Gasteiger charge is 2.33. The van der Waals surface area contributed by atoms with E-state index < -0.39 is 0 Å². The van der Waals surface area contributed by atoms with Crippen molar-refractivity contribution in [3.63, 3.8) is 0 Å². The van der Waals surface area contributed by atoms with Gasteiger partial charge >= 0.3 is 6.03 Å². The van der Waals surface area contributed by atoms with Crippen LogP contribution in [0.25, 0.3) is 0 Å². The fraction of sp³-hybridized carbons (Fsp3) is 0.500. The van der Waals surface area contributed by atoms with Crippen molar-refractivity contribution in [3.05, 3.63) is 64.1 Å². The molecular weight excluding hydrogens is 427 g/mol. The molecule has 0 aromatic heterocycles. The number of benzene rings is 2. The van der Waals surface area contributed by atoms with Gasteiger partial charge in [-0.05, 0) is 55.2 Å². The minimum Gasteiger partial charge on any atom is -0.317 e. The Kier molecular flexibility index (Phi) is 7.79. The maximum atomic E-state index is 13.4. The molecule has 2 aromatic rings. The monoisotopic (exact) mass is 458 g/mol. The van der Waals surface area contributed by atoms with E-state index in [1.54, 1.807) is 18.2 Å². The number of carbonyl (C=O) groups is 1. The summed E-state index contributed by atoms with van der Waals surface area (Å²) < 4.78 is 0. The van der Waals surface area contributed by atoms with Crippen LogP contribution in [0.4, 0.5) is 10.5 Å². The van der Waals surface area contributed by atoms with Crippen LogP contribution in [-0.4, -0.2) is 17.0 Å². The molecule has 2 amide bonds. The highest BCUT2D eigenvalue weighted by atomic mass is 35.5. The fourth-order valence-electron chi connectivity index (χ4n) is 5.43. The van der Waals surface area contributed by atoms with Crippen LogP contribution >= 0.6 is 23.2 Å². The molecule has 1 N–H and O–H groups in total. The van der Waals surface area contributed by atoms with Crippen LogP contribution in [0, 0.1) is 11.8 Å². The standard InChI is InChI=1S/C26H32Cl2N2O/c27-23-12-7-13-24(28)25(23)29-26(31)30(18-19-8-3-1-4-9-19)22-16-14-21(15-17-22)20-10-5-2-6-11-20/h1,3-4,7-9,12-13,20-22H,2,5-6,10-11,14-18H2,(H,29,31). The largest absolute Gasteiger partial charge is 0.322 e. The summed E-state index contributed by atoms with van der Waals surface area (Å²) in [6.45, 7) is 0.591. The van der Waals surface area contributed by atoms with Gasteiger partial charge in [0.25, 0.3) is 0 Å². The molecule has 4 rings (SSSR count). The van der Waals surface area contributed by atoms with Gasteiger partial charge in [-0.15, -0.1) is 0 Å². The van der Waals surface area contributed by atoms with E-state index in [0.717, 1.165) is 30.2 Å². The van der Waals surface area contributed by atoms with E-state index in [2.05, 4.69) is 17.4 Å². The van der Waals surface area contributed by atoms with Gasteiger partial charge in [-0.1, -0.05) is 91.7 Å². The van der Waals surface area contributed by atoms with E-state index >= 15 is 0 Å². The molecule has 2 aliphatic carbocycles. The number of anilines is 1. The fourth-order valence-corrected chi connectivity index (χ4v) is 5.93. The number of amides is 2. The summed E-state index contributed by atoms with van der Waals surface area (Å²) in [5.41, 5.74) is 1.63. The number of urea groups is 1. The Morgan fingerprint density at radius 3 is 2.06 bits per heavy atom. The van der Waals surface area contributed by atoms with Crippen LogP contribution in [0.5, 0.6) is 0 Å². The summed E-state index contributed by atoms with van der Waals surface area (Å²) in [5, 5.41) is 3.91. The van der Waals surface area contributed by atoms with E-state index in [9.17, 15) is 4.79 Å². The predicted octanol–water partition coefficient (Wildman–Crippen LogP) is 8.17. The molecule has 31 heavy (non-hydrogen) atoms. The number of hydrogen-bond acceptors (Lipinski definition) is 1. The van der Waals surface area contributed by atoms with E-state index in [-0.39, 0.29) is 12.1 Å². The third kappa shape index (κ3) is 5.75. The van der Waals surface area contributed by atoms with Crippen molar-refractivity contribution in [1.29, 1.82) is 0 Å². The van der Waals surface area contributed by atoms with Crippen LogP contribution < -0.4 is 5.32 Å². The molecule has 0 unspecified atom stereocenters. The number of halogens is 2. The van der Waals surface area contributed by atoms with Gasteiger partial charge in [-0.25, -0.2) is 4.79 Å². The number of nitrogens with zero attached hydrogens (tertiary/aromatic N) is 1. The SMILES string of the molecule is O=C(Nc1c(Cl)cccc1Cl)N(Cc1ccccc1)C1CCC(C2CCCCC2)CC1. The summed E-state index contributed by atoms with van der Waals surface area (Å²) >= 11 is 12.6. The molecule has 0 saturated heterocycles. The lowest BCUT2D eigenvalue weighted by Gasteiger charge is -2.40. The highest BCUT2D eigenvalue weighted by molar-refractivity contribution is 6.39. The molecule has 5 heteroatoms. The average molecular weight is 459 g/mol. The van der Waals surface area contributed by atoms with Gasteiger partial charge < -0.3 is 10.2 Å². The second-order valence-electron chi connectivity index (χ2n) is 9.11. The zero-order valence-electron chi connectivity index (χ0n) is 18.0. The molecule has 0 bridgehead atoms. The lowest BCUT2D eigenvalue weighted by molar-refractivity contribution is 0.120. The predicted molar refractivity (Wildman–Crippen MR) is 130 cm³/mol. The number of hydrogen-bond donors (Lipinski definition) is 1. The first-order chi connectivity index (χ1) is 15.1. The first-order valence-electron chi connectivity index (χ1n) is 11.7. The van der Waals surface area contributed by atoms with E-state index in [0.29, 0.717) is 22.3 Å². The summed E-state index contributed by atoms with van der Waals surface area (Å²) in [7, 11) is 0. The third-order valence-electron chi connectivity index (χ3n) is 7.15. The van der Waals surface area contributed by atoms with Crippen LogP contribution in [0.15, 0.2) is 48.5 Å². The summed E-state index contributed by atoms with van der Waals surface area (Å²) in [4.78, 5) is 15.4. The molecule has 0 atom stereocenters. The minimum absolute atomic E-state index is 0.125. The summed E-state index contributed by atoms with van der Waals surface area (Å²) in [5.74, 6) is 1.73. The Bertz CT molecular complexity index is 839. The van der Waals surface area contributed by atoms with Crippen molar-refractivity contribution in [2.45, 2.75) is 70.4 Å². The van der Waals surface area contributed by atoms with Crippen LogP contribution in [0.1, 0.15) is 63.4 Å². The number of rotatable bonds is 5. The van der Waals surface area contributed by atoms with Gasteiger partial charge in [0, 0.05) is 12.6 Å². The topological polar surface area (TPSA) is 32.3 Å². The Labute approximate surface area is 196 Å². The smallest absolute Gasteiger partial charge is 0.317 e. The zero-order valence-corrected chi connectivity index (χ0v) is 19.5.